The zero-order valence-corrected chi connectivity index (χ0v) is 30.2. The van der Waals surface area contributed by atoms with Gasteiger partial charge in [-0.05, 0) is 56.7 Å². The minimum atomic E-state index is -1.58. The Morgan fingerprint density at radius 1 is 0.816 bits per heavy atom. The second-order valence-corrected chi connectivity index (χ2v) is 11.9. The summed E-state index contributed by atoms with van der Waals surface area (Å²) >= 11 is 6.39. The lowest BCUT2D eigenvalue weighted by Gasteiger charge is -2.18. The summed E-state index contributed by atoms with van der Waals surface area (Å²) in [5.41, 5.74) is 4.40. The monoisotopic (exact) mass is 701 g/mol. The number of rotatable bonds is 24. The van der Waals surface area contributed by atoms with E-state index in [1.54, 1.807) is 19.9 Å². The normalized spacial score (nSPS) is 12.3. The number of nitrogens with one attached hydrogen (secondary N) is 2. The van der Waals surface area contributed by atoms with E-state index in [-0.39, 0.29) is 35.0 Å². The molecule has 4 N–H and O–H groups in total. The van der Waals surface area contributed by atoms with Gasteiger partial charge in [-0.2, -0.15) is 10.2 Å². The number of carbonyl (C=O) groups is 3. The number of ether oxygens (including phenoxy) is 4. The molecule has 0 fully saturated rings. The molecule has 0 aromatic heterocycles. The van der Waals surface area contributed by atoms with Crippen molar-refractivity contribution in [2.75, 3.05) is 39.3 Å². The molecule has 2 aromatic rings. The Hall–Kier alpha value is -4.16. The van der Waals surface area contributed by atoms with E-state index in [2.05, 4.69) is 27.9 Å². The van der Waals surface area contributed by atoms with E-state index in [1.165, 1.54) is 89.5 Å². The van der Waals surface area contributed by atoms with E-state index in [4.69, 9.17) is 36.4 Å². The Morgan fingerprint density at radius 2 is 1.45 bits per heavy atom. The SMILES string of the molecule is CCCCCCCCCCCCOC(=O)c1ccc(Cl)c(NC(=O)C(OCCN/N=C(C)\C(C)=N\N)C(=O)c2ccc(OC)c(OC)c2)c1. The van der Waals surface area contributed by atoms with Gasteiger partial charge in [0.05, 0.1) is 61.7 Å². The lowest BCUT2D eigenvalue weighted by atomic mass is 10.0. The first kappa shape index (κ1) is 41.0. The highest BCUT2D eigenvalue weighted by atomic mass is 35.5. The minimum absolute atomic E-state index is 0.0637. The topological polar surface area (TPSA) is 163 Å². The van der Waals surface area contributed by atoms with Crippen molar-refractivity contribution < 1.29 is 33.3 Å². The summed E-state index contributed by atoms with van der Waals surface area (Å²) in [5.74, 6) is 4.05. The molecule has 49 heavy (non-hydrogen) atoms. The molecule has 0 radical (unpaired) electrons. The van der Waals surface area contributed by atoms with Crippen molar-refractivity contribution in [3.8, 4) is 11.5 Å². The molecule has 0 aliphatic rings. The van der Waals surface area contributed by atoms with Crippen LogP contribution in [0.1, 0.15) is 106 Å². The fourth-order valence-electron chi connectivity index (χ4n) is 4.77. The van der Waals surface area contributed by atoms with Crippen LogP contribution in [0.3, 0.4) is 0 Å². The summed E-state index contributed by atoms with van der Waals surface area (Å²) in [5, 5.41) is 10.5. The summed E-state index contributed by atoms with van der Waals surface area (Å²) in [6.45, 7) is 6.05. The second-order valence-electron chi connectivity index (χ2n) is 11.5. The van der Waals surface area contributed by atoms with Crippen molar-refractivity contribution in [1.82, 2.24) is 5.43 Å². The molecule has 270 valence electrons. The van der Waals surface area contributed by atoms with Gasteiger partial charge in [0, 0.05) is 5.56 Å². The third kappa shape index (κ3) is 14.5. The number of unbranched alkanes of at least 4 members (excludes halogenated alkanes) is 9. The van der Waals surface area contributed by atoms with Crippen LogP contribution < -0.4 is 26.1 Å². The van der Waals surface area contributed by atoms with Gasteiger partial charge in [0.2, 0.25) is 5.78 Å². The minimum Gasteiger partial charge on any atom is -0.493 e. The van der Waals surface area contributed by atoms with Gasteiger partial charge < -0.3 is 35.5 Å². The van der Waals surface area contributed by atoms with Gasteiger partial charge in [-0.25, -0.2) is 4.79 Å². The third-order valence-corrected chi connectivity index (χ3v) is 8.13. The fourth-order valence-corrected chi connectivity index (χ4v) is 4.93. The Balaban J connectivity index is 2.06. The fraction of sp³-hybridized carbons (Fsp3) is 0.528. The van der Waals surface area contributed by atoms with Crippen LogP contribution in [0.4, 0.5) is 5.69 Å². The first-order chi connectivity index (χ1) is 23.7. The van der Waals surface area contributed by atoms with Crippen LogP contribution in [-0.2, 0) is 14.3 Å². The number of hydrogen-bond donors (Lipinski definition) is 3. The van der Waals surface area contributed by atoms with Gasteiger partial charge in [-0.1, -0.05) is 76.3 Å². The highest BCUT2D eigenvalue weighted by molar-refractivity contribution is 6.40. The predicted octanol–water partition coefficient (Wildman–Crippen LogP) is 6.94. The summed E-state index contributed by atoms with van der Waals surface area (Å²) in [6, 6.07) is 8.95. The van der Waals surface area contributed by atoms with Crippen LogP contribution in [0, 0.1) is 0 Å². The van der Waals surface area contributed by atoms with Crippen molar-refractivity contribution in [1.29, 1.82) is 0 Å². The maximum atomic E-state index is 13.6. The highest BCUT2D eigenvalue weighted by Gasteiger charge is 2.30. The van der Waals surface area contributed by atoms with Crippen molar-refractivity contribution in [2.24, 2.45) is 16.0 Å². The van der Waals surface area contributed by atoms with Crippen molar-refractivity contribution in [2.45, 2.75) is 91.1 Å². The van der Waals surface area contributed by atoms with Crippen LogP contribution in [0.15, 0.2) is 46.6 Å². The number of esters is 1. The second kappa shape index (κ2) is 23.2. The van der Waals surface area contributed by atoms with Crippen molar-refractivity contribution in [3.05, 3.63) is 52.5 Å². The van der Waals surface area contributed by atoms with Gasteiger partial charge in [0.25, 0.3) is 5.91 Å². The van der Waals surface area contributed by atoms with Crippen molar-refractivity contribution in [3.63, 3.8) is 0 Å². The summed E-state index contributed by atoms with van der Waals surface area (Å²) in [6.07, 6.45) is 10.2. The number of hydrogen-bond acceptors (Lipinski definition) is 11. The van der Waals surface area contributed by atoms with Gasteiger partial charge in [-0.15, -0.1) is 0 Å². The van der Waals surface area contributed by atoms with Crippen molar-refractivity contribution >= 4 is 46.4 Å². The zero-order chi connectivity index (χ0) is 36.0. The number of hydrazone groups is 2. The van der Waals surface area contributed by atoms with E-state index >= 15 is 0 Å². The lowest BCUT2D eigenvalue weighted by Crippen LogP contribution is -2.39. The number of benzene rings is 2. The standard InChI is InChI=1S/C36H52ClN5O7/c1-6-7-8-9-10-11-12-13-14-15-21-49-36(45)28-16-18-29(37)30(23-28)40-35(44)34(48-22-20-39-42-26(3)25(2)41-38)33(43)27-17-19-31(46-4)32(24-27)47-5/h16-19,23-24,34,39H,6-15,20-22,38H2,1-5H3,(H,40,44)/b41-25+,42-26-. The highest BCUT2D eigenvalue weighted by Crippen LogP contribution is 2.29. The number of amides is 1. The molecular weight excluding hydrogens is 650 g/mol. The Bertz CT molecular complexity index is 1420. The molecule has 0 aliphatic carbocycles. The molecule has 1 atom stereocenters. The number of nitrogens with zero attached hydrogens (tertiary/aromatic N) is 2. The average Bonchev–Trinajstić information content (AvgIpc) is 3.11. The largest absolute Gasteiger partial charge is 0.493 e. The zero-order valence-electron chi connectivity index (χ0n) is 29.4. The molecule has 2 rings (SSSR count). The Morgan fingerprint density at radius 3 is 2.08 bits per heavy atom. The molecule has 1 unspecified atom stereocenters. The molecule has 12 nitrogen and oxygen atoms in total. The van der Waals surface area contributed by atoms with E-state index in [9.17, 15) is 14.4 Å². The van der Waals surface area contributed by atoms with Crippen LogP contribution in [0.2, 0.25) is 5.02 Å². The number of halogens is 1. The quantitative estimate of drug-likeness (QED) is 0.0200. The molecule has 0 bridgehead atoms. The number of anilines is 1. The summed E-state index contributed by atoms with van der Waals surface area (Å²) in [4.78, 5) is 40.0. The average molecular weight is 702 g/mol. The van der Waals surface area contributed by atoms with Crippen LogP contribution in [0.25, 0.3) is 0 Å². The van der Waals surface area contributed by atoms with Gasteiger partial charge >= 0.3 is 5.97 Å². The van der Waals surface area contributed by atoms with E-state index in [1.807, 2.05) is 0 Å². The molecule has 0 saturated carbocycles. The molecule has 0 spiro atoms. The number of Topliss-reactive ketones (excluding diaryl/α,β-unsaturated/α-hetero) is 1. The van der Waals surface area contributed by atoms with E-state index in [0.29, 0.717) is 29.5 Å². The molecule has 2 aromatic carbocycles. The van der Waals surface area contributed by atoms with Gasteiger partial charge in [0.1, 0.15) is 0 Å². The van der Waals surface area contributed by atoms with Crippen LogP contribution >= 0.6 is 11.6 Å². The number of carbonyl (C=O) groups excluding carboxylic acids is 3. The van der Waals surface area contributed by atoms with Crippen LogP contribution in [0.5, 0.6) is 11.5 Å². The molecule has 0 saturated heterocycles. The number of methoxy groups -OCH3 is 2. The molecule has 0 aliphatic heterocycles. The third-order valence-electron chi connectivity index (χ3n) is 7.80. The van der Waals surface area contributed by atoms with Gasteiger partial charge in [0.15, 0.2) is 17.6 Å². The van der Waals surface area contributed by atoms with Gasteiger partial charge in [-0.3, -0.25) is 9.59 Å². The summed E-state index contributed by atoms with van der Waals surface area (Å²) in [7, 11) is 2.91. The first-order valence-electron chi connectivity index (χ1n) is 16.8. The smallest absolute Gasteiger partial charge is 0.338 e. The van der Waals surface area contributed by atoms with Crippen LogP contribution in [-0.4, -0.2) is 69.2 Å². The molecular formula is C36H52ClN5O7. The van der Waals surface area contributed by atoms with E-state index < -0.39 is 23.8 Å². The Kier molecular flexibility index (Phi) is 19.5. The number of ketones is 1. The molecule has 13 heteroatoms. The lowest BCUT2D eigenvalue weighted by molar-refractivity contribution is -0.124. The van der Waals surface area contributed by atoms with E-state index in [0.717, 1.165) is 19.3 Å². The predicted molar refractivity (Wildman–Crippen MR) is 194 cm³/mol. The Labute approximate surface area is 295 Å². The maximum absolute atomic E-state index is 13.6. The maximum Gasteiger partial charge on any atom is 0.338 e. The molecule has 1 amide bonds. The number of nitrogens with two attached hydrogens (primary N) is 1. The first-order valence-corrected chi connectivity index (χ1v) is 17.2. The summed E-state index contributed by atoms with van der Waals surface area (Å²) < 4.78 is 21.8. The molecule has 0 heterocycles.